The summed E-state index contributed by atoms with van der Waals surface area (Å²) in [6.07, 6.45) is 0. The highest BCUT2D eigenvalue weighted by atomic mass is 32.2. The van der Waals surface area contributed by atoms with Crippen molar-refractivity contribution in [2.45, 2.75) is 25.7 Å². The van der Waals surface area contributed by atoms with E-state index in [-0.39, 0.29) is 30.5 Å². The van der Waals surface area contributed by atoms with E-state index in [0.29, 0.717) is 18.7 Å². The maximum atomic E-state index is 13.2. The lowest BCUT2D eigenvalue weighted by Crippen LogP contribution is -2.50. The van der Waals surface area contributed by atoms with Gasteiger partial charge < -0.3 is 15.0 Å². The van der Waals surface area contributed by atoms with Crippen molar-refractivity contribution in [3.63, 3.8) is 0 Å². The first-order valence-corrected chi connectivity index (χ1v) is 10.3. The van der Waals surface area contributed by atoms with Gasteiger partial charge in [0.15, 0.2) is 0 Å². The van der Waals surface area contributed by atoms with Crippen molar-refractivity contribution >= 4 is 15.9 Å². The summed E-state index contributed by atoms with van der Waals surface area (Å²) in [7, 11) is -2.27. The summed E-state index contributed by atoms with van der Waals surface area (Å²) in [6.45, 7) is 8.48. The van der Waals surface area contributed by atoms with Crippen LogP contribution in [0.3, 0.4) is 0 Å². The SMILES string of the molecule is COCCN(CC(=O)N1CCNCC1)S(=O)(=O)c1cc(C)c(C)cc1C. The summed E-state index contributed by atoms with van der Waals surface area (Å²) in [6, 6.07) is 3.56. The van der Waals surface area contributed by atoms with Gasteiger partial charge in [-0.2, -0.15) is 4.31 Å². The molecule has 0 spiro atoms. The molecule has 0 saturated carbocycles. The molecule has 26 heavy (non-hydrogen) atoms. The van der Waals surface area contributed by atoms with Crippen molar-refractivity contribution in [2.24, 2.45) is 0 Å². The minimum absolute atomic E-state index is 0.142. The van der Waals surface area contributed by atoms with Crippen LogP contribution >= 0.6 is 0 Å². The molecule has 1 N–H and O–H groups in total. The van der Waals surface area contributed by atoms with Crippen molar-refractivity contribution in [2.75, 3.05) is 53.0 Å². The predicted octanol–water partition coefficient (Wildman–Crippen LogP) is 0.681. The Labute approximate surface area is 156 Å². The van der Waals surface area contributed by atoms with Crippen molar-refractivity contribution in [1.29, 1.82) is 0 Å². The second kappa shape index (κ2) is 8.94. The minimum atomic E-state index is -3.79. The molecule has 1 aromatic carbocycles. The molecule has 0 aromatic heterocycles. The number of piperazine rings is 1. The normalized spacial score (nSPS) is 15.5. The molecule has 0 bridgehead atoms. The Kier molecular flexibility index (Phi) is 7.16. The summed E-state index contributed by atoms with van der Waals surface area (Å²) in [4.78, 5) is 14.6. The van der Waals surface area contributed by atoms with Crippen LogP contribution in [0.5, 0.6) is 0 Å². The number of carbonyl (C=O) groups is 1. The molecule has 146 valence electrons. The van der Waals surface area contributed by atoms with E-state index in [4.69, 9.17) is 4.74 Å². The molecule has 0 atom stereocenters. The number of rotatable bonds is 7. The van der Waals surface area contributed by atoms with Crippen LogP contribution in [0.15, 0.2) is 17.0 Å². The second-order valence-electron chi connectivity index (χ2n) is 6.66. The first-order chi connectivity index (χ1) is 12.3. The number of amides is 1. The van der Waals surface area contributed by atoms with Crippen molar-refractivity contribution in [3.05, 3.63) is 28.8 Å². The zero-order valence-electron chi connectivity index (χ0n) is 16.0. The van der Waals surface area contributed by atoms with E-state index in [1.807, 2.05) is 19.9 Å². The average Bonchev–Trinajstić information content (AvgIpc) is 2.61. The summed E-state index contributed by atoms with van der Waals surface area (Å²) in [5, 5.41) is 3.19. The molecule has 1 saturated heterocycles. The molecule has 1 aromatic rings. The van der Waals surface area contributed by atoms with Crippen LogP contribution in [0.4, 0.5) is 0 Å². The third-order valence-corrected chi connectivity index (χ3v) is 6.72. The van der Waals surface area contributed by atoms with Gasteiger partial charge in [0.2, 0.25) is 15.9 Å². The van der Waals surface area contributed by atoms with Crippen LogP contribution < -0.4 is 5.32 Å². The molecule has 1 aliphatic heterocycles. The smallest absolute Gasteiger partial charge is 0.243 e. The Bertz CT molecular complexity index is 743. The molecule has 7 nitrogen and oxygen atoms in total. The van der Waals surface area contributed by atoms with E-state index in [2.05, 4.69) is 5.32 Å². The molecule has 2 rings (SSSR count). The molecule has 1 fully saturated rings. The summed E-state index contributed by atoms with van der Waals surface area (Å²) in [5.41, 5.74) is 2.64. The molecule has 1 amide bonds. The van der Waals surface area contributed by atoms with Crippen LogP contribution in [0.25, 0.3) is 0 Å². The lowest BCUT2D eigenvalue weighted by Gasteiger charge is -2.30. The fraction of sp³-hybridized carbons (Fsp3) is 0.611. The van der Waals surface area contributed by atoms with Gasteiger partial charge in [-0.25, -0.2) is 8.42 Å². The van der Waals surface area contributed by atoms with E-state index < -0.39 is 10.0 Å². The molecule has 0 unspecified atom stereocenters. The predicted molar refractivity (Wildman–Crippen MR) is 101 cm³/mol. The van der Waals surface area contributed by atoms with E-state index >= 15 is 0 Å². The molecular formula is C18H29N3O4S. The van der Waals surface area contributed by atoms with Crippen molar-refractivity contribution < 1.29 is 17.9 Å². The average molecular weight is 384 g/mol. The monoisotopic (exact) mass is 383 g/mol. The zero-order chi connectivity index (χ0) is 19.3. The Balaban J connectivity index is 2.29. The van der Waals surface area contributed by atoms with Crippen molar-refractivity contribution in [3.8, 4) is 0 Å². The number of ether oxygens (including phenoxy) is 1. The number of nitrogens with one attached hydrogen (secondary N) is 1. The maximum absolute atomic E-state index is 13.2. The molecule has 1 aliphatic rings. The number of sulfonamides is 1. The first kappa shape index (κ1) is 20.8. The van der Waals surface area contributed by atoms with Gasteiger partial charge in [-0.1, -0.05) is 6.07 Å². The van der Waals surface area contributed by atoms with Crippen molar-refractivity contribution in [1.82, 2.24) is 14.5 Å². The van der Waals surface area contributed by atoms with Gasteiger partial charge in [0.05, 0.1) is 18.0 Å². The van der Waals surface area contributed by atoms with Gasteiger partial charge in [-0.15, -0.1) is 0 Å². The fourth-order valence-electron chi connectivity index (χ4n) is 2.99. The molecular weight excluding hydrogens is 354 g/mol. The number of methoxy groups -OCH3 is 1. The Morgan fingerprint density at radius 1 is 1.15 bits per heavy atom. The van der Waals surface area contributed by atoms with Gasteiger partial charge in [0, 0.05) is 39.8 Å². The van der Waals surface area contributed by atoms with E-state index in [1.54, 1.807) is 17.9 Å². The number of carbonyl (C=O) groups excluding carboxylic acids is 1. The fourth-order valence-corrected chi connectivity index (χ4v) is 4.66. The summed E-state index contributed by atoms with van der Waals surface area (Å²) >= 11 is 0. The number of hydrogen-bond acceptors (Lipinski definition) is 5. The topological polar surface area (TPSA) is 79.0 Å². The van der Waals surface area contributed by atoms with Gasteiger partial charge in [-0.05, 0) is 43.5 Å². The number of hydrogen-bond donors (Lipinski definition) is 1. The van der Waals surface area contributed by atoms with Crippen LogP contribution in [-0.2, 0) is 19.6 Å². The molecule has 8 heteroatoms. The number of benzene rings is 1. The highest BCUT2D eigenvalue weighted by Gasteiger charge is 2.30. The number of nitrogens with zero attached hydrogens (tertiary/aromatic N) is 2. The Morgan fingerprint density at radius 2 is 1.77 bits per heavy atom. The highest BCUT2D eigenvalue weighted by molar-refractivity contribution is 7.89. The Hall–Kier alpha value is -1.48. The van der Waals surface area contributed by atoms with Crippen LogP contribution in [0.1, 0.15) is 16.7 Å². The van der Waals surface area contributed by atoms with Gasteiger partial charge in [0.1, 0.15) is 0 Å². The van der Waals surface area contributed by atoms with Crippen LogP contribution in [0.2, 0.25) is 0 Å². The van der Waals surface area contributed by atoms with Crippen LogP contribution in [0, 0.1) is 20.8 Å². The number of aryl methyl sites for hydroxylation is 3. The van der Waals surface area contributed by atoms with Gasteiger partial charge in [-0.3, -0.25) is 4.79 Å². The quantitative estimate of drug-likeness (QED) is 0.749. The largest absolute Gasteiger partial charge is 0.383 e. The third kappa shape index (κ3) is 4.82. The zero-order valence-corrected chi connectivity index (χ0v) is 16.9. The Morgan fingerprint density at radius 3 is 2.38 bits per heavy atom. The standard InChI is InChI=1S/C18H29N3O4S/c1-14-11-16(3)17(12-15(14)2)26(23,24)21(9-10-25-4)13-18(22)20-7-5-19-6-8-20/h11-12,19H,5-10,13H2,1-4H3. The molecule has 0 radical (unpaired) electrons. The lowest BCUT2D eigenvalue weighted by molar-refractivity contribution is -0.132. The molecule has 0 aliphatic carbocycles. The van der Waals surface area contributed by atoms with E-state index in [9.17, 15) is 13.2 Å². The third-order valence-electron chi connectivity index (χ3n) is 4.74. The summed E-state index contributed by atoms with van der Waals surface area (Å²) in [5.74, 6) is -0.173. The first-order valence-electron chi connectivity index (χ1n) is 8.82. The van der Waals surface area contributed by atoms with Crippen LogP contribution in [-0.4, -0.2) is 76.5 Å². The molecule has 1 heterocycles. The highest BCUT2D eigenvalue weighted by Crippen LogP contribution is 2.23. The lowest BCUT2D eigenvalue weighted by atomic mass is 10.1. The summed E-state index contributed by atoms with van der Waals surface area (Å²) < 4.78 is 32.8. The van der Waals surface area contributed by atoms with Gasteiger partial charge >= 0.3 is 0 Å². The second-order valence-corrected chi connectivity index (χ2v) is 8.57. The van der Waals surface area contributed by atoms with E-state index in [0.717, 1.165) is 24.2 Å². The minimum Gasteiger partial charge on any atom is -0.383 e. The van der Waals surface area contributed by atoms with Gasteiger partial charge in [0.25, 0.3) is 0 Å². The maximum Gasteiger partial charge on any atom is 0.243 e. The van der Waals surface area contributed by atoms with E-state index in [1.165, 1.54) is 11.4 Å².